The highest BCUT2D eigenvalue weighted by atomic mass is 16.8. The Labute approximate surface area is 208 Å². The van der Waals surface area contributed by atoms with Crippen molar-refractivity contribution in [1.29, 1.82) is 0 Å². The van der Waals surface area contributed by atoms with Gasteiger partial charge in [-0.25, -0.2) is 4.79 Å². The summed E-state index contributed by atoms with van der Waals surface area (Å²) in [6.07, 6.45) is -5.81. The lowest BCUT2D eigenvalue weighted by Gasteiger charge is -2.60. The minimum atomic E-state index is -2.26. The van der Waals surface area contributed by atoms with Gasteiger partial charge >= 0.3 is 18.1 Å². The molecule has 198 valence electrons. The molecule has 0 aromatic carbocycles. The third kappa shape index (κ3) is 3.35. The Morgan fingerprint density at radius 1 is 1.11 bits per heavy atom. The monoisotopic (exact) mass is 508 g/mol. The number of hydrogen-bond acceptors (Lipinski definition) is 11. The average Bonchev–Trinajstić information content (AvgIpc) is 3.08. The Kier molecular flexibility index (Phi) is 5.92. The van der Waals surface area contributed by atoms with E-state index in [4.69, 9.17) is 18.9 Å². The van der Waals surface area contributed by atoms with Crippen LogP contribution in [0.5, 0.6) is 0 Å². The van der Waals surface area contributed by atoms with Gasteiger partial charge in [0, 0.05) is 30.6 Å². The van der Waals surface area contributed by atoms with Gasteiger partial charge in [0.05, 0.1) is 12.5 Å². The van der Waals surface area contributed by atoms with Crippen LogP contribution in [0.25, 0.3) is 0 Å². The lowest BCUT2D eigenvalue weighted by Crippen LogP contribution is -2.74. The third-order valence-electron chi connectivity index (χ3n) is 8.82. The Morgan fingerprint density at radius 3 is 2.33 bits per heavy atom. The topological polar surface area (TPSA) is 163 Å². The van der Waals surface area contributed by atoms with Crippen LogP contribution in [0.3, 0.4) is 0 Å². The number of aliphatic hydroxyl groups excluding tert-OH is 1. The maximum absolute atomic E-state index is 14.3. The van der Waals surface area contributed by atoms with E-state index in [-0.39, 0.29) is 30.4 Å². The van der Waals surface area contributed by atoms with E-state index in [1.54, 1.807) is 13.8 Å². The number of ether oxygens (including phenoxy) is 4. The SMILES string of the molecule is CC(=O)OC[C@@]1(O)C2[C@@H]3OC(=O)O[C@]34CC(=O)C(C)=C([C@@H](OC(C)=O)C(=O)[C@]2(C)CC[C@@H]1O)C4(C)C. The maximum atomic E-state index is 14.3. The number of Topliss-reactive ketones (excluding diaryl/α,β-unsaturated/α-hetero) is 2. The summed E-state index contributed by atoms with van der Waals surface area (Å²) in [5.41, 5.74) is -6.35. The molecule has 1 saturated heterocycles. The molecule has 36 heavy (non-hydrogen) atoms. The Morgan fingerprint density at radius 2 is 1.75 bits per heavy atom. The summed E-state index contributed by atoms with van der Waals surface area (Å²) in [6.45, 7) is 7.95. The Balaban J connectivity index is 2.07. The van der Waals surface area contributed by atoms with Crippen LogP contribution in [0, 0.1) is 16.7 Å². The number of ketones is 2. The van der Waals surface area contributed by atoms with Crippen molar-refractivity contribution in [2.24, 2.45) is 16.7 Å². The minimum Gasteiger partial charge on any atom is -0.463 e. The molecular formula is C25H32O11. The van der Waals surface area contributed by atoms with Crippen molar-refractivity contribution in [3.8, 4) is 0 Å². The van der Waals surface area contributed by atoms with Crippen LogP contribution in [-0.4, -0.2) is 76.0 Å². The molecule has 1 spiro atoms. The third-order valence-corrected chi connectivity index (χ3v) is 8.82. The second-order valence-electron chi connectivity index (χ2n) is 11.1. The smallest absolute Gasteiger partial charge is 0.463 e. The first-order valence-electron chi connectivity index (χ1n) is 11.9. The Bertz CT molecular complexity index is 1090. The lowest BCUT2D eigenvalue weighted by atomic mass is 9.46. The molecule has 0 amide bonds. The van der Waals surface area contributed by atoms with Crippen LogP contribution in [0.4, 0.5) is 4.79 Å². The number of hydrogen-bond donors (Lipinski definition) is 2. The van der Waals surface area contributed by atoms with Crippen LogP contribution < -0.4 is 0 Å². The minimum absolute atomic E-state index is 0.0304. The molecule has 1 unspecified atom stereocenters. The first-order valence-corrected chi connectivity index (χ1v) is 11.9. The fourth-order valence-corrected chi connectivity index (χ4v) is 6.94. The molecule has 4 aliphatic rings. The van der Waals surface area contributed by atoms with Crippen LogP contribution in [-0.2, 0) is 38.1 Å². The van der Waals surface area contributed by atoms with Gasteiger partial charge < -0.3 is 29.2 Å². The molecule has 4 rings (SSSR count). The number of allylic oxidation sites excluding steroid dienone is 1. The number of esters is 2. The lowest BCUT2D eigenvalue weighted by molar-refractivity contribution is -0.244. The van der Waals surface area contributed by atoms with Gasteiger partial charge in [0.2, 0.25) is 0 Å². The number of fused-ring (bicyclic) bond motifs is 3. The molecule has 0 radical (unpaired) electrons. The van der Waals surface area contributed by atoms with Gasteiger partial charge in [0.25, 0.3) is 0 Å². The van der Waals surface area contributed by atoms with Crippen molar-refractivity contribution in [2.75, 3.05) is 6.61 Å². The average molecular weight is 509 g/mol. The summed E-state index contributed by atoms with van der Waals surface area (Å²) >= 11 is 0. The molecule has 2 N–H and O–H groups in total. The van der Waals surface area contributed by atoms with Crippen molar-refractivity contribution >= 4 is 29.7 Å². The van der Waals surface area contributed by atoms with Gasteiger partial charge in [-0.3, -0.25) is 19.2 Å². The summed E-state index contributed by atoms with van der Waals surface area (Å²) in [4.78, 5) is 64.2. The predicted octanol–water partition coefficient (Wildman–Crippen LogP) is 1.16. The van der Waals surface area contributed by atoms with Gasteiger partial charge in [0.1, 0.15) is 12.2 Å². The zero-order chi connectivity index (χ0) is 27.0. The van der Waals surface area contributed by atoms with Gasteiger partial charge in [-0.05, 0) is 30.9 Å². The second-order valence-corrected chi connectivity index (χ2v) is 11.1. The molecule has 2 saturated carbocycles. The van der Waals surface area contributed by atoms with Crippen LogP contribution >= 0.6 is 0 Å². The van der Waals surface area contributed by atoms with E-state index in [9.17, 15) is 34.2 Å². The summed E-state index contributed by atoms with van der Waals surface area (Å²) in [6, 6.07) is 0. The number of carbonyl (C=O) groups excluding carboxylic acids is 5. The summed E-state index contributed by atoms with van der Waals surface area (Å²) in [5, 5.41) is 22.9. The van der Waals surface area contributed by atoms with E-state index in [0.29, 0.717) is 0 Å². The van der Waals surface area contributed by atoms with Crippen molar-refractivity contribution in [1.82, 2.24) is 0 Å². The van der Waals surface area contributed by atoms with Gasteiger partial charge in [-0.1, -0.05) is 20.8 Å². The molecule has 11 heteroatoms. The number of aliphatic hydroxyl groups is 2. The molecule has 3 fully saturated rings. The first kappa shape index (κ1) is 26.3. The highest BCUT2D eigenvalue weighted by Gasteiger charge is 2.76. The van der Waals surface area contributed by atoms with E-state index in [0.717, 1.165) is 13.8 Å². The van der Waals surface area contributed by atoms with E-state index < -0.39 is 82.5 Å². The first-order chi connectivity index (χ1) is 16.5. The van der Waals surface area contributed by atoms with Gasteiger partial charge in [-0.15, -0.1) is 0 Å². The van der Waals surface area contributed by atoms with Crippen molar-refractivity contribution in [3.05, 3.63) is 11.1 Å². The zero-order valence-corrected chi connectivity index (χ0v) is 21.2. The van der Waals surface area contributed by atoms with E-state index >= 15 is 0 Å². The highest BCUT2D eigenvalue weighted by molar-refractivity contribution is 6.03. The van der Waals surface area contributed by atoms with Crippen molar-refractivity contribution in [2.45, 2.75) is 90.3 Å². The van der Waals surface area contributed by atoms with Crippen molar-refractivity contribution < 1.29 is 53.1 Å². The fourth-order valence-electron chi connectivity index (χ4n) is 6.94. The molecule has 1 aliphatic heterocycles. The van der Waals surface area contributed by atoms with E-state index in [1.807, 2.05) is 0 Å². The zero-order valence-electron chi connectivity index (χ0n) is 21.2. The van der Waals surface area contributed by atoms with Crippen molar-refractivity contribution in [3.63, 3.8) is 0 Å². The van der Waals surface area contributed by atoms with Crippen LogP contribution in [0.15, 0.2) is 11.1 Å². The van der Waals surface area contributed by atoms with Gasteiger partial charge in [-0.2, -0.15) is 0 Å². The predicted molar refractivity (Wildman–Crippen MR) is 119 cm³/mol. The molecule has 1 heterocycles. The quantitative estimate of drug-likeness (QED) is 0.415. The molecule has 11 nitrogen and oxygen atoms in total. The fraction of sp³-hybridized carbons (Fsp3) is 0.720. The normalized spacial score (nSPS) is 41.3. The second kappa shape index (κ2) is 8.11. The molecular weight excluding hydrogens is 476 g/mol. The van der Waals surface area contributed by atoms with E-state index in [1.165, 1.54) is 13.8 Å². The number of rotatable bonds is 3. The van der Waals surface area contributed by atoms with E-state index in [2.05, 4.69) is 0 Å². The molecule has 3 aliphatic carbocycles. The summed E-state index contributed by atoms with van der Waals surface area (Å²) < 4.78 is 22.1. The van der Waals surface area contributed by atoms with Crippen LogP contribution in [0.1, 0.15) is 60.8 Å². The highest BCUT2D eigenvalue weighted by Crippen LogP contribution is 2.63. The summed E-state index contributed by atoms with van der Waals surface area (Å²) in [5.74, 6) is -3.94. The molecule has 0 aromatic rings. The molecule has 7 atom stereocenters. The molecule has 2 bridgehead atoms. The number of carbonyl (C=O) groups is 5. The summed E-state index contributed by atoms with van der Waals surface area (Å²) in [7, 11) is 0. The van der Waals surface area contributed by atoms with Gasteiger partial charge in [0.15, 0.2) is 29.4 Å². The largest absolute Gasteiger partial charge is 0.509 e. The Hall–Kier alpha value is -2.79. The molecule has 0 aromatic heterocycles. The van der Waals surface area contributed by atoms with Crippen LogP contribution in [0.2, 0.25) is 0 Å². The standard InChI is InChI=1S/C25H32O11/c1-11-14(28)9-25-20(35-21(31)36-25)18-23(6,8-7-15(29)24(18,32)10-33-12(2)26)19(30)17(34-13(3)27)16(11)22(25,4)5/h15,17-18,20,29,32H,7-10H2,1-6H3/t15-,17+,18?,20-,23+,24-,25+/m0/s1. The maximum Gasteiger partial charge on any atom is 0.509 e.